The minimum Gasteiger partial charge on any atom is -0.466 e. The number of carbonyl (C=O) groups excluding carboxylic acids is 2. The molecule has 1 amide bonds. The SMILES string of the molecule is CCOCC[PH](=O)O[C@@H](Cc1ccccc1)C(=O)NCCC(=O)OCC. The third kappa shape index (κ3) is 9.70. The summed E-state index contributed by atoms with van der Waals surface area (Å²) in [5, 5.41) is 2.65. The van der Waals surface area contributed by atoms with E-state index in [4.69, 9.17) is 14.0 Å². The van der Waals surface area contributed by atoms with Gasteiger partial charge in [0.1, 0.15) is 6.10 Å². The van der Waals surface area contributed by atoms with Crippen LogP contribution in [0.15, 0.2) is 30.3 Å². The van der Waals surface area contributed by atoms with Gasteiger partial charge in [-0.15, -0.1) is 0 Å². The van der Waals surface area contributed by atoms with Crippen LogP contribution in [0, 0.1) is 0 Å². The second kappa shape index (κ2) is 13.5. The minimum atomic E-state index is -2.40. The molecule has 7 nitrogen and oxygen atoms in total. The molecule has 0 aliphatic rings. The van der Waals surface area contributed by atoms with E-state index in [0.717, 1.165) is 5.56 Å². The van der Waals surface area contributed by atoms with E-state index in [2.05, 4.69) is 5.32 Å². The van der Waals surface area contributed by atoms with E-state index >= 15 is 0 Å². The molecule has 146 valence electrons. The molecule has 0 fully saturated rings. The van der Waals surface area contributed by atoms with Gasteiger partial charge in [0.15, 0.2) is 8.03 Å². The summed E-state index contributed by atoms with van der Waals surface area (Å²) in [5.41, 5.74) is 0.901. The molecule has 0 heterocycles. The second-order valence-electron chi connectivity index (χ2n) is 5.46. The molecule has 0 bridgehead atoms. The monoisotopic (exact) mass is 385 g/mol. The average molecular weight is 385 g/mol. The number of benzene rings is 1. The summed E-state index contributed by atoms with van der Waals surface area (Å²) < 4.78 is 27.6. The van der Waals surface area contributed by atoms with Gasteiger partial charge in [-0.1, -0.05) is 30.3 Å². The highest BCUT2D eigenvalue weighted by atomic mass is 31.1. The van der Waals surface area contributed by atoms with Crippen LogP contribution in [0.25, 0.3) is 0 Å². The highest BCUT2D eigenvalue weighted by Crippen LogP contribution is 2.26. The molecule has 1 aromatic carbocycles. The molecule has 0 spiro atoms. The molecule has 1 unspecified atom stereocenters. The molecular weight excluding hydrogens is 357 g/mol. The molecule has 0 aromatic heterocycles. The van der Waals surface area contributed by atoms with Crippen LogP contribution in [0.1, 0.15) is 25.8 Å². The second-order valence-corrected chi connectivity index (χ2v) is 6.94. The number of hydrogen-bond donors (Lipinski definition) is 1. The van der Waals surface area contributed by atoms with Crippen molar-refractivity contribution in [3.8, 4) is 0 Å². The number of carbonyl (C=O) groups is 2. The fraction of sp³-hybridized carbons (Fsp3) is 0.556. The van der Waals surface area contributed by atoms with E-state index in [-0.39, 0.29) is 25.1 Å². The molecular formula is C18H28NO6P. The van der Waals surface area contributed by atoms with Gasteiger partial charge in [-0.05, 0) is 19.4 Å². The third-order valence-electron chi connectivity index (χ3n) is 3.42. The van der Waals surface area contributed by atoms with Crippen molar-refractivity contribution in [3.05, 3.63) is 35.9 Å². The minimum absolute atomic E-state index is 0.0805. The van der Waals surface area contributed by atoms with Crippen molar-refractivity contribution in [1.82, 2.24) is 5.32 Å². The first-order valence-corrected chi connectivity index (χ1v) is 10.3. The number of ether oxygens (including phenoxy) is 2. The number of amides is 1. The van der Waals surface area contributed by atoms with E-state index < -0.39 is 20.0 Å². The molecule has 0 saturated heterocycles. The smallest absolute Gasteiger partial charge is 0.307 e. The van der Waals surface area contributed by atoms with E-state index in [0.29, 0.717) is 26.2 Å². The Balaban J connectivity index is 2.59. The number of esters is 1. The Bertz CT molecular complexity index is 566. The summed E-state index contributed by atoms with van der Waals surface area (Å²) in [6, 6.07) is 9.36. The molecule has 1 rings (SSSR count). The van der Waals surface area contributed by atoms with Gasteiger partial charge in [-0.2, -0.15) is 0 Å². The summed E-state index contributed by atoms with van der Waals surface area (Å²) in [7, 11) is -2.40. The lowest BCUT2D eigenvalue weighted by Gasteiger charge is -2.17. The summed E-state index contributed by atoms with van der Waals surface area (Å²) in [6.45, 7) is 4.89. The van der Waals surface area contributed by atoms with Crippen molar-refractivity contribution in [2.45, 2.75) is 32.8 Å². The lowest BCUT2D eigenvalue weighted by atomic mass is 10.1. The first-order chi connectivity index (χ1) is 12.6. The quantitative estimate of drug-likeness (QED) is 0.318. The topological polar surface area (TPSA) is 90.9 Å². The number of hydrogen-bond acceptors (Lipinski definition) is 6. The Kier molecular flexibility index (Phi) is 11.6. The highest BCUT2D eigenvalue weighted by Gasteiger charge is 2.22. The summed E-state index contributed by atoms with van der Waals surface area (Å²) in [6.07, 6.45) is -0.235. The third-order valence-corrected chi connectivity index (χ3v) is 4.58. The van der Waals surface area contributed by atoms with Gasteiger partial charge in [0.2, 0.25) is 5.91 Å². The van der Waals surface area contributed by atoms with Gasteiger partial charge < -0.3 is 19.3 Å². The van der Waals surface area contributed by atoms with Gasteiger partial charge in [0, 0.05) is 25.7 Å². The molecule has 1 aromatic rings. The van der Waals surface area contributed by atoms with Gasteiger partial charge >= 0.3 is 5.97 Å². The maximum atomic E-state index is 12.4. The van der Waals surface area contributed by atoms with Crippen LogP contribution >= 0.6 is 8.03 Å². The van der Waals surface area contributed by atoms with E-state index in [1.165, 1.54) is 0 Å². The first kappa shape index (κ1) is 22.4. The van der Waals surface area contributed by atoms with Crippen LogP contribution in [0.5, 0.6) is 0 Å². The number of nitrogens with one attached hydrogen (secondary N) is 1. The van der Waals surface area contributed by atoms with Gasteiger partial charge in [0.05, 0.1) is 19.6 Å². The van der Waals surface area contributed by atoms with E-state index in [1.54, 1.807) is 6.92 Å². The molecule has 0 radical (unpaired) electrons. The standard InChI is InChI=1S/C18H28NO6P/c1-3-23-12-13-26(22)25-16(14-15-8-6-5-7-9-15)18(21)19-11-10-17(20)24-4-2/h5-9,16,26H,3-4,10-14H2,1-2H3,(H,19,21)/t16-/m0/s1. The van der Waals surface area contributed by atoms with Crippen LogP contribution < -0.4 is 5.32 Å². The van der Waals surface area contributed by atoms with Crippen LogP contribution in [-0.2, 0) is 34.6 Å². The van der Waals surface area contributed by atoms with Crippen LogP contribution in [0.4, 0.5) is 0 Å². The van der Waals surface area contributed by atoms with Crippen LogP contribution in [0.3, 0.4) is 0 Å². The van der Waals surface area contributed by atoms with E-state index in [9.17, 15) is 14.2 Å². The normalized spacial score (nSPS) is 13.0. The Morgan fingerprint density at radius 2 is 1.88 bits per heavy atom. The maximum absolute atomic E-state index is 12.4. The van der Waals surface area contributed by atoms with Gasteiger partial charge in [-0.3, -0.25) is 14.2 Å². The zero-order chi connectivity index (χ0) is 19.2. The van der Waals surface area contributed by atoms with Gasteiger partial charge in [-0.25, -0.2) is 0 Å². The highest BCUT2D eigenvalue weighted by molar-refractivity contribution is 7.39. The number of rotatable bonds is 13. The molecule has 1 N–H and O–H groups in total. The Labute approximate surface area is 155 Å². The summed E-state index contributed by atoms with van der Waals surface area (Å²) in [4.78, 5) is 23.8. The molecule has 2 atom stereocenters. The Hall–Kier alpha value is -1.69. The molecule has 0 saturated carbocycles. The molecule has 0 aliphatic heterocycles. The van der Waals surface area contributed by atoms with Crippen molar-refractivity contribution in [2.75, 3.05) is 32.5 Å². The average Bonchev–Trinajstić information content (AvgIpc) is 2.62. The lowest BCUT2D eigenvalue weighted by Crippen LogP contribution is -2.38. The van der Waals surface area contributed by atoms with Crippen molar-refractivity contribution in [2.24, 2.45) is 0 Å². The molecule has 8 heteroatoms. The van der Waals surface area contributed by atoms with E-state index in [1.807, 2.05) is 37.3 Å². The predicted octanol–water partition coefficient (Wildman–Crippen LogP) is 2.19. The lowest BCUT2D eigenvalue weighted by molar-refractivity contribution is -0.143. The van der Waals surface area contributed by atoms with Crippen LogP contribution in [-0.4, -0.2) is 50.5 Å². The van der Waals surface area contributed by atoms with Crippen molar-refractivity contribution in [3.63, 3.8) is 0 Å². The van der Waals surface area contributed by atoms with Crippen molar-refractivity contribution in [1.29, 1.82) is 0 Å². The Morgan fingerprint density at radius 1 is 1.15 bits per heavy atom. The maximum Gasteiger partial charge on any atom is 0.307 e. The zero-order valence-corrected chi connectivity index (χ0v) is 16.4. The summed E-state index contributed by atoms with van der Waals surface area (Å²) >= 11 is 0. The largest absolute Gasteiger partial charge is 0.466 e. The predicted molar refractivity (Wildman–Crippen MR) is 99.6 cm³/mol. The molecule has 0 aliphatic carbocycles. The zero-order valence-electron chi connectivity index (χ0n) is 15.4. The van der Waals surface area contributed by atoms with Crippen molar-refractivity contribution < 1.29 is 28.2 Å². The van der Waals surface area contributed by atoms with Crippen LogP contribution in [0.2, 0.25) is 0 Å². The summed E-state index contributed by atoms with van der Waals surface area (Å²) in [5.74, 6) is -0.772. The molecule has 26 heavy (non-hydrogen) atoms. The van der Waals surface area contributed by atoms with Gasteiger partial charge in [0.25, 0.3) is 0 Å². The Morgan fingerprint density at radius 3 is 2.54 bits per heavy atom. The first-order valence-electron chi connectivity index (χ1n) is 8.81. The fourth-order valence-corrected chi connectivity index (χ4v) is 3.10. The van der Waals surface area contributed by atoms with Crippen molar-refractivity contribution >= 4 is 19.9 Å². The fourth-order valence-electron chi connectivity index (χ4n) is 2.17.